The molecule has 0 saturated carbocycles. The normalized spacial score (nSPS) is 11.0. The maximum atomic E-state index is 12.9. The second kappa shape index (κ2) is 7.63. The number of rotatable bonds is 5. The summed E-state index contributed by atoms with van der Waals surface area (Å²) in [4.78, 5) is 13.0. The summed E-state index contributed by atoms with van der Waals surface area (Å²) in [5.41, 5.74) is 3.72. The van der Waals surface area contributed by atoms with Gasteiger partial charge in [-0.25, -0.2) is 9.82 Å². The molecule has 0 radical (unpaired) electrons. The first-order chi connectivity index (χ1) is 12.1. The molecule has 1 N–H and O–H groups in total. The third kappa shape index (κ3) is 4.67. The molecule has 3 aromatic rings. The Bertz CT molecular complexity index is 909. The van der Waals surface area contributed by atoms with Gasteiger partial charge in [-0.3, -0.25) is 4.79 Å². The zero-order chi connectivity index (χ0) is 17.6. The molecule has 0 bridgehead atoms. The van der Waals surface area contributed by atoms with Gasteiger partial charge < -0.3 is 0 Å². The number of carbonyl (C=O) groups is 1. The van der Waals surface area contributed by atoms with Crippen LogP contribution in [-0.4, -0.2) is 32.3 Å². The average Bonchev–Trinajstić information content (AvgIpc) is 3.04. The van der Waals surface area contributed by atoms with Crippen molar-refractivity contribution >= 4 is 23.7 Å². The first kappa shape index (κ1) is 16.7. The molecule has 1 amide bonds. The molecular formula is C16H12ClFN6O. The lowest BCUT2D eigenvalue weighted by atomic mass is 10.2. The smallest absolute Gasteiger partial charge is 0.263 e. The predicted octanol–water partition coefficient (Wildman–Crippen LogP) is 2.28. The Balaban J connectivity index is 1.57. The molecule has 7 nitrogen and oxygen atoms in total. The summed E-state index contributed by atoms with van der Waals surface area (Å²) in [5, 5.41) is 16.1. The summed E-state index contributed by atoms with van der Waals surface area (Å²) < 4.78 is 12.9. The third-order valence-corrected chi connectivity index (χ3v) is 3.33. The highest BCUT2D eigenvalue weighted by molar-refractivity contribution is 6.30. The Morgan fingerprint density at radius 3 is 2.84 bits per heavy atom. The van der Waals surface area contributed by atoms with Crippen molar-refractivity contribution in [2.75, 3.05) is 0 Å². The molecule has 0 spiro atoms. The van der Waals surface area contributed by atoms with E-state index in [9.17, 15) is 9.18 Å². The number of nitrogens with zero attached hydrogens (tertiary/aromatic N) is 5. The minimum atomic E-state index is -0.415. The number of halogens is 2. The number of amides is 1. The summed E-state index contributed by atoms with van der Waals surface area (Å²) in [5.74, 6) is -0.468. The largest absolute Gasteiger partial charge is 0.271 e. The molecular weight excluding hydrogens is 347 g/mol. The van der Waals surface area contributed by atoms with Crippen molar-refractivity contribution in [1.29, 1.82) is 0 Å². The van der Waals surface area contributed by atoms with Crippen molar-refractivity contribution in [3.8, 4) is 11.4 Å². The van der Waals surface area contributed by atoms with Crippen molar-refractivity contribution in [3.63, 3.8) is 0 Å². The highest BCUT2D eigenvalue weighted by atomic mass is 35.5. The number of nitrogens with one attached hydrogen (secondary N) is 1. The van der Waals surface area contributed by atoms with E-state index in [0.717, 1.165) is 10.4 Å². The maximum Gasteiger partial charge on any atom is 0.263 e. The van der Waals surface area contributed by atoms with Gasteiger partial charge in [-0.15, -0.1) is 10.2 Å². The van der Waals surface area contributed by atoms with Crippen molar-refractivity contribution in [2.24, 2.45) is 5.10 Å². The number of carbonyl (C=O) groups excluding carboxylic acids is 1. The van der Waals surface area contributed by atoms with Gasteiger partial charge in [-0.2, -0.15) is 9.90 Å². The van der Waals surface area contributed by atoms with Crippen LogP contribution >= 0.6 is 11.6 Å². The van der Waals surface area contributed by atoms with Gasteiger partial charge in [-0.1, -0.05) is 23.7 Å². The van der Waals surface area contributed by atoms with Crippen molar-refractivity contribution in [3.05, 3.63) is 64.9 Å². The first-order valence-corrected chi connectivity index (χ1v) is 7.59. The number of tetrazole rings is 1. The lowest BCUT2D eigenvalue weighted by Crippen LogP contribution is -2.24. The number of hydrogen-bond donors (Lipinski definition) is 1. The number of hydrazone groups is 1. The third-order valence-electron chi connectivity index (χ3n) is 3.09. The van der Waals surface area contributed by atoms with Gasteiger partial charge in [-0.05, 0) is 47.2 Å². The minimum absolute atomic E-state index is 0.152. The van der Waals surface area contributed by atoms with E-state index in [2.05, 4.69) is 25.9 Å². The van der Waals surface area contributed by atoms with Crippen LogP contribution in [0, 0.1) is 5.82 Å². The molecule has 0 aliphatic rings. The molecule has 1 heterocycles. The van der Waals surface area contributed by atoms with Crippen LogP contribution in [0.25, 0.3) is 11.4 Å². The fourth-order valence-corrected chi connectivity index (χ4v) is 2.15. The van der Waals surface area contributed by atoms with Crippen LogP contribution in [0.1, 0.15) is 5.56 Å². The van der Waals surface area contributed by atoms with Crippen LogP contribution < -0.4 is 5.43 Å². The molecule has 25 heavy (non-hydrogen) atoms. The summed E-state index contributed by atoms with van der Waals surface area (Å²) in [6.45, 7) is -0.152. The van der Waals surface area contributed by atoms with Crippen LogP contribution in [0.4, 0.5) is 4.39 Å². The molecule has 0 aliphatic heterocycles. The highest BCUT2D eigenvalue weighted by Gasteiger charge is 2.09. The van der Waals surface area contributed by atoms with Gasteiger partial charge in [0.1, 0.15) is 12.4 Å². The highest BCUT2D eigenvalue weighted by Crippen LogP contribution is 2.13. The fourth-order valence-electron chi connectivity index (χ4n) is 1.95. The summed E-state index contributed by atoms with van der Waals surface area (Å²) in [6, 6.07) is 12.7. The van der Waals surface area contributed by atoms with Crippen molar-refractivity contribution in [2.45, 2.75) is 6.54 Å². The first-order valence-electron chi connectivity index (χ1n) is 7.21. The van der Waals surface area contributed by atoms with Gasteiger partial charge in [0.15, 0.2) is 0 Å². The van der Waals surface area contributed by atoms with E-state index in [1.165, 1.54) is 30.5 Å². The topological polar surface area (TPSA) is 85.1 Å². The monoisotopic (exact) mass is 358 g/mol. The molecule has 0 unspecified atom stereocenters. The Kier molecular flexibility index (Phi) is 5.10. The van der Waals surface area contributed by atoms with Gasteiger partial charge in [0.05, 0.1) is 6.21 Å². The second-order valence-electron chi connectivity index (χ2n) is 5.00. The van der Waals surface area contributed by atoms with E-state index in [1.807, 2.05) is 0 Å². The minimum Gasteiger partial charge on any atom is -0.271 e. The average molecular weight is 359 g/mol. The Morgan fingerprint density at radius 1 is 1.28 bits per heavy atom. The number of aromatic nitrogens is 4. The van der Waals surface area contributed by atoms with E-state index in [1.54, 1.807) is 24.3 Å². The molecule has 2 aromatic carbocycles. The summed E-state index contributed by atoms with van der Waals surface area (Å²) in [7, 11) is 0. The lowest BCUT2D eigenvalue weighted by molar-refractivity contribution is -0.122. The van der Waals surface area contributed by atoms with Crippen LogP contribution in [-0.2, 0) is 11.3 Å². The maximum absolute atomic E-state index is 12.9. The number of benzene rings is 2. The van der Waals surface area contributed by atoms with E-state index >= 15 is 0 Å². The molecule has 1 aromatic heterocycles. The summed E-state index contributed by atoms with van der Waals surface area (Å²) >= 11 is 5.86. The van der Waals surface area contributed by atoms with Crippen LogP contribution in [0.3, 0.4) is 0 Å². The standard InChI is InChI=1S/C16H12ClFN6O/c17-13-3-1-2-11(8-13)9-19-20-15(25)10-24-22-16(21-23-24)12-4-6-14(18)7-5-12/h1-9H,10H2,(H,20,25)/b19-9-. The molecule has 0 atom stereocenters. The van der Waals surface area contributed by atoms with Crippen molar-refractivity contribution in [1.82, 2.24) is 25.6 Å². The molecule has 126 valence electrons. The quantitative estimate of drug-likeness (QED) is 0.560. The van der Waals surface area contributed by atoms with Gasteiger partial charge in [0.2, 0.25) is 5.82 Å². The van der Waals surface area contributed by atoms with E-state index < -0.39 is 5.91 Å². The van der Waals surface area contributed by atoms with E-state index in [4.69, 9.17) is 11.6 Å². The SMILES string of the molecule is O=C(Cn1nnc(-c2ccc(F)cc2)n1)N/N=C\c1cccc(Cl)c1. The second-order valence-corrected chi connectivity index (χ2v) is 5.43. The lowest BCUT2D eigenvalue weighted by Gasteiger charge is -1.98. The Morgan fingerprint density at radius 2 is 2.08 bits per heavy atom. The zero-order valence-corrected chi connectivity index (χ0v) is 13.6. The molecule has 0 saturated heterocycles. The molecule has 0 aliphatic carbocycles. The molecule has 0 fully saturated rings. The zero-order valence-electron chi connectivity index (χ0n) is 12.8. The van der Waals surface area contributed by atoms with Crippen LogP contribution in [0.2, 0.25) is 5.02 Å². The van der Waals surface area contributed by atoms with Crippen LogP contribution in [0.15, 0.2) is 53.6 Å². The van der Waals surface area contributed by atoms with Crippen molar-refractivity contribution < 1.29 is 9.18 Å². The van der Waals surface area contributed by atoms with Gasteiger partial charge in [0, 0.05) is 10.6 Å². The Hall–Kier alpha value is -3.13. The molecule has 9 heteroatoms. The van der Waals surface area contributed by atoms with Crippen LogP contribution in [0.5, 0.6) is 0 Å². The fraction of sp³-hybridized carbons (Fsp3) is 0.0625. The van der Waals surface area contributed by atoms with Gasteiger partial charge in [0.25, 0.3) is 5.91 Å². The van der Waals surface area contributed by atoms with E-state index in [-0.39, 0.29) is 12.4 Å². The summed E-state index contributed by atoms with van der Waals surface area (Å²) in [6.07, 6.45) is 1.47. The van der Waals surface area contributed by atoms with Gasteiger partial charge >= 0.3 is 0 Å². The molecule has 3 rings (SSSR count). The van der Waals surface area contributed by atoms with E-state index in [0.29, 0.717) is 16.4 Å². The number of hydrogen-bond acceptors (Lipinski definition) is 5. The predicted molar refractivity (Wildman–Crippen MR) is 90.4 cm³/mol. The Labute approximate surface area is 147 Å².